The van der Waals surface area contributed by atoms with Crippen molar-refractivity contribution in [2.45, 2.75) is 31.3 Å². The van der Waals surface area contributed by atoms with Gasteiger partial charge in [-0.25, -0.2) is 0 Å². The van der Waals surface area contributed by atoms with E-state index in [1.54, 1.807) is 0 Å². The van der Waals surface area contributed by atoms with Crippen LogP contribution in [0.4, 0.5) is 5.69 Å². The third kappa shape index (κ3) is 7.12. The molecule has 3 aromatic carbocycles. The van der Waals surface area contributed by atoms with Crippen molar-refractivity contribution in [3.05, 3.63) is 84.4 Å². The van der Waals surface area contributed by atoms with Crippen molar-refractivity contribution in [2.24, 2.45) is 29.2 Å². The first-order chi connectivity index (χ1) is 21.7. The maximum Gasteiger partial charge on any atom is 0.261 e. The van der Waals surface area contributed by atoms with Gasteiger partial charge in [-0.1, -0.05) is 54.6 Å². The van der Waals surface area contributed by atoms with E-state index in [9.17, 15) is 14.4 Å². The molecule has 12 heteroatoms. The number of primary amides is 1. The number of hydrogen-bond donors (Lipinski definition) is 6. The molecule has 0 fully saturated rings. The molecular weight excluding hydrogens is 572 g/mol. The van der Waals surface area contributed by atoms with Gasteiger partial charge in [-0.2, -0.15) is 4.57 Å². The number of nitrogens with one attached hydrogen (secondary N) is 3. The highest BCUT2D eigenvalue weighted by Gasteiger charge is 2.27. The lowest BCUT2D eigenvalue weighted by Crippen LogP contribution is -2.54. The highest BCUT2D eigenvalue weighted by molar-refractivity contribution is 6.11. The van der Waals surface area contributed by atoms with Gasteiger partial charge < -0.3 is 37.6 Å². The van der Waals surface area contributed by atoms with Gasteiger partial charge in [0, 0.05) is 19.0 Å². The van der Waals surface area contributed by atoms with Crippen LogP contribution in [0.5, 0.6) is 0 Å². The van der Waals surface area contributed by atoms with Crippen molar-refractivity contribution < 1.29 is 23.4 Å². The summed E-state index contributed by atoms with van der Waals surface area (Å²) >= 11 is 0. The Morgan fingerprint density at radius 2 is 1.56 bits per heavy atom. The number of aromatic nitrogens is 1. The Labute approximate surface area is 259 Å². The van der Waals surface area contributed by atoms with Gasteiger partial charge >= 0.3 is 0 Å². The van der Waals surface area contributed by atoms with E-state index in [2.05, 4.69) is 25.5 Å². The van der Waals surface area contributed by atoms with Crippen LogP contribution in [0.2, 0.25) is 0 Å². The summed E-state index contributed by atoms with van der Waals surface area (Å²) in [6.07, 6.45) is 0.859. The molecule has 0 saturated carbocycles. The fourth-order valence-electron chi connectivity index (χ4n) is 5.46. The number of guanidine groups is 1. The average molecular weight is 610 g/mol. The van der Waals surface area contributed by atoms with Crippen LogP contribution in [0.3, 0.4) is 0 Å². The Morgan fingerprint density at radius 3 is 2.29 bits per heavy atom. The highest BCUT2D eigenvalue weighted by Crippen LogP contribution is 2.35. The number of amides is 3. The van der Waals surface area contributed by atoms with E-state index in [-0.39, 0.29) is 31.9 Å². The quantitative estimate of drug-likeness (QED) is 0.0506. The third-order valence-electron chi connectivity index (χ3n) is 7.63. The first kappa shape index (κ1) is 30.8. The van der Waals surface area contributed by atoms with E-state index in [1.165, 1.54) is 0 Å². The largest absolute Gasteiger partial charge is 0.447 e. The Balaban J connectivity index is 1.37. The van der Waals surface area contributed by atoms with Crippen molar-refractivity contribution in [2.75, 3.05) is 18.4 Å². The van der Waals surface area contributed by atoms with Crippen LogP contribution in [-0.4, -0.2) is 48.9 Å². The zero-order valence-corrected chi connectivity index (χ0v) is 25.0. The van der Waals surface area contributed by atoms with Gasteiger partial charge in [0.25, 0.3) is 5.52 Å². The van der Waals surface area contributed by atoms with Crippen LogP contribution < -0.4 is 37.7 Å². The second-order valence-corrected chi connectivity index (χ2v) is 10.8. The zero-order valence-electron chi connectivity index (χ0n) is 25.0. The molecule has 0 radical (unpaired) electrons. The smallest absolute Gasteiger partial charge is 0.261 e. The van der Waals surface area contributed by atoms with Gasteiger partial charge in [-0.15, -0.1) is 0 Å². The molecule has 45 heavy (non-hydrogen) atoms. The second kappa shape index (κ2) is 13.8. The topological polar surface area (TPSA) is 195 Å². The number of hydrogen-bond acceptors (Lipinski definition) is 6. The van der Waals surface area contributed by atoms with Crippen molar-refractivity contribution >= 4 is 62.3 Å². The number of aryl methyl sites for hydroxylation is 1. The van der Waals surface area contributed by atoms with Crippen molar-refractivity contribution in [3.8, 4) is 0 Å². The van der Waals surface area contributed by atoms with Crippen molar-refractivity contribution in [3.63, 3.8) is 0 Å². The van der Waals surface area contributed by atoms with E-state index in [4.69, 9.17) is 21.6 Å². The van der Waals surface area contributed by atoms with Crippen LogP contribution in [0.25, 0.3) is 33.0 Å². The monoisotopic (exact) mass is 609 g/mol. The Kier molecular flexibility index (Phi) is 9.42. The van der Waals surface area contributed by atoms with Crippen LogP contribution in [0, 0.1) is 0 Å². The maximum atomic E-state index is 13.5. The summed E-state index contributed by atoms with van der Waals surface area (Å²) < 4.78 is 8.36. The van der Waals surface area contributed by atoms with Gasteiger partial charge in [0.05, 0.1) is 23.0 Å². The number of nitrogens with zero attached hydrogens (tertiary/aromatic N) is 2. The molecule has 0 saturated heterocycles. The van der Waals surface area contributed by atoms with E-state index < -0.39 is 29.8 Å². The summed E-state index contributed by atoms with van der Waals surface area (Å²) in [4.78, 5) is 42.9. The molecule has 0 spiro atoms. The van der Waals surface area contributed by atoms with Gasteiger partial charge in [-0.3, -0.25) is 19.4 Å². The molecule has 0 bridgehead atoms. The van der Waals surface area contributed by atoms with Crippen LogP contribution in [0.15, 0.2) is 88.3 Å². The van der Waals surface area contributed by atoms with Gasteiger partial charge in [0.1, 0.15) is 24.7 Å². The van der Waals surface area contributed by atoms with Crippen molar-refractivity contribution in [1.29, 1.82) is 0 Å². The number of nitrogens with two attached hydrogens (primary N) is 3. The molecule has 5 aromatic rings. The normalized spacial score (nSPS) is 12.5. The summed E-state index contributed by atoms with van der Waals surface area (Å²) in [5.74, 6) is -1.71. The molecular formula is C33H37N8O4+. The number of carbonyl (C=O) groups excluding carboxylic acids is 3. The summed E-state index contributed by atoms with van der Waals surface area (Å²) in [5.41, 5.74) is 21.0. The highest BCUT2D eigenvalue weighted by atomic mass is 16.3. The number of carbonyl (C=O) groups is 3. The first-order valence-electron chi connectivity index (χ1n) is 14.7. The number of fused-ring (bicyclic) bond motifs is 4. The number of furan rings is 1. The standard InChI is InChI=1S/C33H36N8O4/c1-41-25-15-7-5-12-21(25)28(30-29(41)22-13-6-8-16-26(22)45-30)38-19-27(42)39-24(18-20-10-3-2-4-11-20)32(44)40-23(31(34)43)14-9-17-37-33(35)36/h2-8,10-13,15-16,23-24H,9,14,17-19H2,1H3,(H8,34,35,36,37,39,40,42,43,44)/p+1/t23-,24-/m0/s1. The van der Waals surface area contributed by atoms with Gasteiger partial charge in [0.15, 0.2) is 5.96 Å². The van der Waals surface area contributed by atoms with E-state index in [0.717, 1.165) is 33.0 Å². The van der Waals surface area contributed by atoms with Crippen molar-refractivity contribution in [1.82, 2.24) is 10.6 Å². The van der Waals surface area contributed by atoms with Crippen LogP contribution >= 0.6 is 0 Å². The molecule has 2 atom stereocenters. The number of anilines is 1. The minimum Gasteiger partial charge on any atom is -0.447 e. The molecule has 5 rings (SSSR count). The summed E-state index contributed by atoms with van der Waals surface area (Å²) in [5, 5.41) is 10.6. The summed E-state index contributed by atoms with van der Waals surface area (Å²) in [6.45, 7) is 0.142. The molecule has 0 aliphatic rings. The predicted octanol–water partition coefficient (Wildman–Crippen LogP) is 1.73. The molecule has 3 amide bonds. The molecule has 9 N–H and O–H groups in total. The average Bonchev–Trinajstić information content (AvgIpc) is 3.42. The van der Waals surface area contributed by atoms with E-state index in [0.29, 0.717) is 17.7 Å². The van der Waals surface area contributed by atoms with Crippen LogP contribution in [-0.2, 0) is 27.9 Å². The van der Waals surface area contributed by atoms with Crippen LogP contribution in [0.1, 0.15) is 18.4 Å². The molecule has 12 nitrogen and oxygen atoms in total. The second-order valence-electron chi connectivity index (χ2n) is 10.8. The lowest BCUT2D eigenvalue weighted by molar-refractivity contribution is -0.616. The summed E-state index contributed by atoms with van der Waals surface area (Å²) in [6, 6.07) is 23.0. The molecule has 0 unspecified atom stereocenters. The Morgan fingerprint density at radius 1 is 0.867 bits per heavy atom. The minimum absolute atomic E-state index is 0.0626. The minimum atomic E-state index is -0.974. The Hall–Kier alpha value is -5.65. The molecule has 2 aromatic heterocycles. The third-order valence-corrected chi connectivity index (χ3v) is 7.63. The number of para-hydroxylation sites is 2. The molecule has 232 valence electrons. The lowest BCUT2D eigenvalue weighted by atomic mass is 10.0. The first-order valence-corrected chi connectivity index (χ1v) is 14.7. The number of aliphatic imine (C=N–C) groups is 1. The SMILES string of the molecule is C[n+]1c2ccccc2c(NCC(=O)N[C@@H](Cc2ccccc2)C(=O)N[C@@H](CCCN=C(N)N)C(N)=O)c2oc3ccccc3c21. The maximum absolute atomic E-state index is 13.5. The molecule has 0 aliphatic heterocycles. The van der Waals surface area contributed by atoms with E-state index in [1.807, 2.05) is 85.9 Å². The fourth-order valence-corrected chi connectivity index (χ4v) is 5.46. The molecule has 0 aliphatic carbocycles. The zero-order chi connectivity index (χ0) is 31.9. The Bertz CT molecular complexity index is 1880. The molecule has 2 heterocycles. The number of benzene rings is 3. The predicted molar refractivity (Wildman–Crippen MR) is 174 cm³/mol. The fraction of sp³-hybridized carbons (Fsp3) is 0.242. The van der Waals surface area contributed by atoms with Gasteiger partial charge in [-0.05, 0) is 36.6 Å². The number of pyridine rings is 1. The summed E-state index contributed by atoms with van der Waals surface area (Å²) in [7, 11) is 1.98. The van der Waals surface area contributed by atoms with Gasteiger partial charge in [0.2, 0.25) is 28.8 Å². The van der Waals surface area contributed by atoms with E-state index >= 15 is 0 Å². The number of rotatable bonds is 13. The lowest BCUT2D eigenvalue weighted by Gasteiger charge is -2.22.